The molecule has 0 bridgehead atoms. The Labute approximate surface area is 438 Å². The first-order valence-electron chi connectivity index (χ1n) is 29.7. The van der Waals surface area contributed by atoms with Crippen LogP contribution in [0.3, 0.4) is 0 Å². The van der Waals surface area contributed by atoms with Gasteiger partial charge in [-0.3, -0.25) is 14.4 Å². The lowest BCUT2D eigenvalue weighted by molar-refractivity contribution is -0.167. The SMILES string of the molecule is CCCCC/C=C\C/C=C\C/C=C\CCCCCCC(=O)OC[C@H](COC(=O)CCCCCCCCCCC/C=C\C/C=C\CCCCC)OC(=O)CCCCCC/C=C\C/C=C\C/C=C\CCCCC. The minimum absolute atomic E-state index is 0.0967. The molecular formula is C65H110O6. The first kappa shape index (κ1) is 67.3. The van der Waals surface area contributed by atoms with Crippen LogP contribution in [0, 0.1) is 0 Å². The number of rotatable bonds is 53. The topological polar surface area (TPSA) is 78.9 Å². The van der Waals surface area contributed by atoms with Gasteiger partial charge in [0.2, 0.25) is 0 Å². The van der Waals surface area contributed by atoms with Crippen molar-refractivity contribution in [3.8, 4) is 0 Å². The molecule has 0 aliphatic rings. The summed E-state index contributed by atoms with van der Waals surface area (Å²) in [4.78, 5) is 38.2. The Hall–Kier alpha value is -3.67. The fourth-order valence-corrected chi connectivity index (χ4v) is 8.01. The van der Waals surface area contributed by atoms with Gasteiger partial charge in [0.05, 0.1) is 0 Å². The molecule has 71 heavy (non-hydrogen) atoms. The zero-order valence-corrected chi connectivity index (χ0v) is 46.5. The molecule has 0 N–H and O–H groups in total. The molecule has 0 fully saturated rings. The molecule has 0 aromatic rings. The minimum Gasteiger partial charge on any atom is -0.462 e. The van der Waals surface area contributed by atoms with Gasteiger partial charge in [0, 0.05) is 19.3 Å². The van der Waals surface area contributed by atoms with E-state index in [9.17, 15) is 14.4 Å². The van der Waals surface area contributed by atoms with Crippen molar-refractivity contribution in [2.75, 3.05) is 13.2 Å². The number of hydrogen-bond donors (Lipinski definition) is 0. The van der Waals surface area contributed by atoms with Crippen molar-refractivity contribution in [2.24, 2.45) is 0 Å². The summed E-state index contributed by atoms with van der Waals surface area (Å²) in [5, 5.41) is 0. The van der Waals surface area contributed by atoms with Crippen molar-refractivity contribution in [1.82, 2.24) is 0 Å². The van der Waals surface area contributed by atoms with Crippen LogP contribution >= 0.6 is 0 Å². The lowest BCUT2D eigenvalue weighted by Crippen LogP contribution is -2.30. The van der Waals surface area contributed by atoms with Crippen LogP contribution in [0.25, 0.3) is 0 Å². The lowest BCUT2D eigenvalue weighted by atomic mass is 10.1. The Balaban J connectivity index is 4.47. The fourth-order valence-electron chi connectivity index (χ4n) is 8.01. The Morgan fingerprint density at radius 2 is 0.507 bits per heavy atom. The van der Waals surface area contributed by atoms with Gasteiger partial charge in [-0.1, -0.05) is 227 Å². The second kappa shape index (κ2) is 58.9. The highest BCUT2D eigenvalue weighted by Crippen LogP contribution is 2.14. The molecule has 406 valence electrons. The summed E-state index contributed by atoms with van der Waals surface area (Å²) in [5.74, 6) is -0.940. The molecule has 0 aliphatic carbocycles. The molecule has 0 heterocycles. The van der Waals surface area contributed by atoms with Gasteiger partial charge < -0.3 is 14.2 Å². The Morgan fingerprint density at radius 1 is 0.282 bits per heavy atom. The van der Waals surface area contributed by atoms with Crippen molar-refractivity contribution in [3.05, 3.63) is 97.2 Å². The number of allylic oxidation sites excluding steroid dienone is 16. The first-order chi connectivity index (χ1) is 35.0. The Morgan fingerprint density at radius 3 is 0.789 bits per heavy atom. The molecule has 0 aliphatic heterocycles. The number of carbonyl (C=O) groups is 3. The second-order valence-electron chi connectivity index (χ2n) is 19.5. The standard InChI is InChI=1S/C65H110O6/c1-4-7-10-13-16-19-22-25-28-31-32-35-37-40-43-46-49-52-55-58-64(67)70-61-62(71-65(68)59-56-53-50-47-44-41-38-34-30-27-24-21-18-15-12-9-6-3)60-69-63(66)57-54-51-48-45-42-39-36-33-29-26-23-20-17-14-11-8-5-2/h16-21,25-30,36,38-39,41,62H,4-15,22-24,31-35,37,40,42-61H2,1-3H3/b19-16-,20-17-,21-18-,28-25-,29-26-,30-27-,39-36-,41-38-/t62-/m1/s1. The number of unbranched alkanes of at least 4 members (excludes halogenated alkanes) is 26. The predicted octanol–water partition coefficient (Wildman–Crippen LogP) is 20.1. The van der Waals surface area contributed by atoms with Gasteiger partial charge >= 0.3 is 17.9 Å². The van der Waals surface area contributed by atoms with E-state index in [4.69, 9.17) is 14.2 Å². The fraction of sp³-hybridized carbons (Fsp3) is 0.708. The van der Waals surface area contributed by atoms with Crippen LogP contribution in [0.5, 0.6) is 0 Å². The Bertz CT molecular complexity index is 1410. The maximum absolute atomic E-state index is 12.9. The van der Waals surface area contributed by atoms with E-state index in [1.165, 1.54) is 122 Å². The van der Waals surface area contributed by atoms with Crippen molar-refractivity contribution >= 4 is 17.9 Å². The predicted molar refractivity (Wildman–Crippen MR) is 307 cm³/mol. The second-order valence-corrected chi connectivity index (χ2v) is 19.5. The molecule has 0 rings (SSSR count). The maximum Gasteiger partial charge on any atom is 0.306 e. The monoisotopic (exact) mass is 987 g/mol. The van der Waals surface area contributed by atoms with Gasteiger partial charge in [-0.05, 0) is 128 Å². The number of esters is 3. The molecule has 0 saturated carbocycles. The molecule has 0 radical (unpaired) electrons. The van der Waals surface area contributed by atoms with E-state index in [1.807, 2.05) is 0 Å². The normalized spacial score (nSPS) is 12.8. The van der Waals surface area contributed by atoms with Crippen molar-refractivity contribution in [3.63, 3.8) is 0 Å². The summed E-state index contributed by atoms with van der Waals surface area (Å²) >= 11 is 0. The first-order valence-corrected chi connectivity index (χ1v) is 29.7. The summed E-state index contributed by atoms with van der Waals surface area (Å²) in [6.45, 7) is 6.53. The van der Waals surface area contributed by atoms with Crippen LogP contribution in [0.15, 0.2) is 97.2 Å². The van der Waals surface area contributed by atoms with Crippen LogP contribution in [0.1, 0.15) is 278 Å². The van der Waals surface area contributed by atoms with E-state index >= 15 is 0 Å². The number of ether oxygens (including phenoxy) is 3. The van der Waals surface area contributed by atoms with E-state index in [-0.39, 0.29) is 31.1 Å². The highest BCUT2D eigenvalue weighted by atomic mass is 16.6. The van der Waals surface area contributed by atoms with Crippen LogP contribution in [-0.4, -0.2) is 37.2 Å². The third-order valence-electron chi connectivity index (χ3n) is 12.5. The summed E-state index contributed by atoms with van der Waals surface area (Å²) in [5.41, 5.74) is 0. The third kappa shape index (κ3) is 57.1. The summed E-state index contributed by atoms with van der Waals surface area (Å²) in [7, 11) is 0. The van der Waals surface area contributed by atoms with Gasteiger partial charge in [0.25, 0.3) is 0 Å². The molecule has 0 aromatic heterocycles. The zero-order chi connectivity index (χ0) is 51.4. The van der Waals surface area contributed by atoms with E-state index in [2.05, 4.69) is 118 Å². The summed E-state index contributed by atoms with van der Waals surface area (Å²) in [6.07, 6.45) is 78.2. The quantitative estimate of drug-likeness (QED) is 0.0261. The molecule has 0 saturated heterocycles. The van der Waals surface area contributed by atoms with Crippen molar-refractivity contribution in [1.29, 1.82) is 0 Å². The molecule has 1 atom stereocenters. The summed E-state index contributed by atoms with van der Waals surface area (Å²) in [6, 6.07) is 0. The van der Waals surface area contributed by atoms with E-state index < -0.39 is 6.10 Å². The molecule has 0 unspecified atom stereocenters. The van der Waals surface area contributed by atoms with Crippen LogP contribution < -0.4 is 0 Å². The molecule has 6 nitrogen and oxygen atoms in total. The van der Waals surface area contributed by atoms with Crippen LogP contribution in [0.2, 0.25) is 0 Å². The molecule has 0 spiro atoms. The molecule has 6 heteroatoms. The van der Waals surface area contributed by atoms with Gasteiger partial charge in [0.1, 0.15) is 13.2 Å². The highest BCUT2D eigenvalue weighted by Gasteiger charge is 2.19. The lowest BCUT2D eigenvalue weighted by Gasteiger charge is -2.18. The van der Waals surface area contributed by atoms with Gasteiger partial charge in [0.15, 0.2) is 6.10 Å². The minimum atomic E-state index is -0.802. The van der Waals surface area contributed by atoms with E-state index in [0.29, 0.717) is 19.3 Å². The van der Waals surface area contributed by atoms with Crippen molar-refractivity contribution < 1.29 is 28.6 Å². The average molecular weight is 988 g/mol. The van der Waals surface area contributed by atoms with Crippen molar-refractivity contribution in [2.45, 2.75) is 284 Å². The number of carbonyl (C=O) groups excluding carboxylic acids is 3. The van der Waals surface area contributed by atoms with Gasteiger partial charge in [-0.2, -0.15) is 0 Å². The van der Waals surface area contributed by atoms with Gasteiger partial charge in [-0.15, -0.1) is 0 Å². The smallest absolute Gasteiger partial charge is 0.306 e. The van der Waals surface area contributed by atoms with E-state index in [0.717, 1.165) is 116 Å². The maximum atomic E-state index is 12.9. The number of hydrogen-bond acceptors (Lipinski definition) is 6. The molecule has 0 amide bonds. The summed E-state index contributed by atoms with van der Waals surface area (Å²) < 4.78 is 16.9. The van der Waals surface area contributed by atoms with Gasteiger partial charge in [-0.25, -0.2) is 0 Å². The zero-order valence-electron chi connectivity index (χ0n) is 46.5. The molecular weight excluding hydrogens is 877 g/mol. The van der Waals surface area contributed by atoms with Crippen LogP contribution in [-0.2, 0) is 28.6 Å². The van der Waals surface area contributed by atoms with Crippen LogP contribution in [0.4, 0.5) is 0 Å². The Kier molecular flexibility index (Phi) is 55.9. The third-order valence-corrected chi connectivity index (χ3v) is 12.5. The average Bonchev–Trinajstić information content (AvgIpc) is 3.37. The highest BCUT2D eigenvalue weighted by molar-refractivity contribution is 5.71. The van der Waals surface area contributed by atoms with E-state index in [1.54, 1.807) is 0 Å². The largest absolute Gasteiger partial charge is 0.462 e. The molecule has 0 aromatic carbocycles.